The van der Waals surface area contributed by atoms with Crippen molar-refractivity contribution in [1.29, 1.82) is 0 Å². The van der Waals surface area contributed by atoms with Crippen molar-refractivity contribution >= 4 is 15.7 Å². The van der Waals surface area contributed by atoms with E-state index in [9.17, 15) is 13.5 Å². The van der Waals surface area contributed by atoms with Gasteiger partial charge in [0.1, 0.15) is 0 Å². The normalized spacial score (nSPS) is 17.4. The number of anilines is 1. The van der Waals surface area contributed by atoms with Gasteiger partial charge in [-0.25, -0.2) is 12.7 Å². The van der Waals surface area contributed by atoms with E-state index in [2.05, 4.69) is 6.58 Å². The van der Waals surface area contributed by atoms with E-state index in [0.717, 1.165) is 16.7 Å². The highest BCUT2D eigenvalue weighted by atomic mass is 32.2. The lowest BCUT2D eigenvalue weighted by Crippen LogP contribution is -2.28. The Morgan fingerprint density at radius 3 is 2.21 bits per heavy atom. The molecule has 2 atom stereocenters. The van der Waals surface area contributed by atoms with E-state index in [0.29, 0.717) is 11.4 Å². The predicted molar refractivity (Wildman–Crippen MR) is 111 cm³/mol. The van der Waals surface area contributed by atoms with E-state index in [4.69, 9.17) is 0 Å². The second-order valence-electron chi connectivity index (χ2n) is 6.97. The van der Waals surface area contributed by atoms with Gasteiger partial charge in [0.05, 0.1) is 22.6 Å². The monoisotopic (exact) mass is 391 g/mol. The van der Waals surface area contributed by atoms with Crippen LogP contribution in [0.25, 0.3) is 0 Å². The van der Waals surface area contributed by atoms with E-state index in [1.807, 2.05) is 49.4 Å². The van der Waals surface area contributed by atoms with Crippen molar-refractivity contribution in [3.8, 4) is 0 Å². The van der Waals surface area contributed by atoms with Crippen LogP contribution in [0.4, 0.5) is 5.69 Å². The molecule has 4 nitrogen and oxygen atoms in total. The number of aliphatic hydroxyl groups excluding tert-OH is 1. The van der Waals surface area contributed by atoms with Crippen molar-refractivity contribution in [2.45, 2.75) is 23.8 Å². The Kier molecular flexibility index (Phi) is 4.57. The van der Waals surface area contributed by atoms with Gasteiger partial charge in [0.25, 0.3) is 10.0 Å². The summed E-state index contributed by atoms with van der Waals surface area (Å²) < 4.78 is 28.1. The number of para-hydroxylation sites is 1. The van der Waals surface area contributed by atoms with Gasteiger partial charge in [-0.15, -0.1) is 0 Å². The number of benzene rings is 3. The molecule has 3 aromatic carbocycles. The maximum absolute atomic E-state index is 13.4. The summed E-state index contributed by atoms with van der Waals surface area (Å²) in [6, 6.07) is 23.2. The van der Waals surface area contributed by atoms with Crippen LogP contribution in [0.2, 0.25) is 0 Å². The maximum atomic E-state index is 13.4. The minimum atomic E-state index is -3.84. The molecule has 0 unspecified atom stereocenters. The summed E-state index contributed by atoms with van der Waals surface area (Å²) >= 11 is 0. The zero-order chi connectivity index (χ0) is 19.9. The zero-order valence-electron chi connectivity index (χ0n) is 15.5. The molecule has 0 saturated heterocycles. The molecule has 1 aliphatic heterocycles. The Balaban J connectivity index is 1.82. The van der Waals surface area contributed by atoms with Crippen molar-refractivity contribution in [2.75, 3.05) is 4.31 Å². The summed E-state index contributed by atoms with van der Waals surface area (Å²) in [5, 5.41) is 11.0. The summed E-state index contributed by atoms with van der Waals surface area (Å²) in [6.07, 6.45) is -0.895. The smallest absolute Gasteiger partial charge is 0.268 e. The molecule has 0 radical (unpaired) electrons. The highest BCUT2D eigenvalue weighted by molar-refractivity contribution is 7.93. The lowest BCUT2D eigenvalue weighted by Gasteiger charge is -2.24. The molecule has 1 N–H and O–H groups in total. The molecule has 0 aliphatic carbocycles. The van der Waals surface area contributed by atoms with Gasteiger partial charge in [-0.3, -0.25) is 0 Å². The summed E-state index contributed by atoms with van der Waals surface area (Å²) in [4.78, 5) is 0.198. The highest BCUT2D eigenvalue weighted by Gasteiger charge is 2.43. The first-order valence-corrected chi connectivity index (χ1v) is 10.5. The van der Waals surface area contributed by atoms with Gasteiger partial charge in [0, 0.05) is 5.70 Å². The summed E-state index contributed by atoms with van der Waals surface area (Å²) in [6.45, 7) is 5.98. The molecular formula is C23H21NO3S. The molecule has 28 heavy (non-hydrogen) atoms. The van der Waals surface area contributed by atoms with Crippen LogP contribution in [0, 0.1) is 6.92 Å². The molecule has 0 amide bonds. The van der Waals surface area contributed by atoms with E-state index in [1.54, 1.807) is 36.4 Å². The van der Waals surface area contributed by atoms with Crippen LogP contribution in [0.5, 0.6) is 0 Å². The first-order chi connectivity index (χ1) is 13.4. The minimum absolute atomic E-state index is 0.198. The van der Waals surface area contributed by atoms with Crippen molar-refractivity contribution in [2.24, 2.45) is 0 Å². The summed E-state index contributed by atoms with van der Waals surface area (Å²) in [5.41, 5.74) is 3.33. The number of rotatable bonds is 4. The molecular weight excluding hydrogens is 370 g/mol. The molecule has 1 heterocycles. The first kappa shape index (κ1) is 18.5. The Morgan fingerprint density at radius 1 is 0.929 bits per heavy atom. The molecule has 1 aliphatic rings. The minimum Gasteiger partial charge on any atom is -0.387 e. The van der Waals surface area contributed by atoms with Crippen LogP contribution in [0.15, 0.2) is 96.0 Å². The van der Waals surface area contributed by atoms with Crippen LogP contribution in [-0.2, 0) is 10.0 Å². The molecule has 142 valence electrons. The molecule has 4 rings (SSSR count). The molecule has 0 saturated carbocycles. The topological polar surface area (TPSA) is 57.6 Å². The van der Waals surface area contributed by atoms with Gasteiger partial charge < -0.3 is 5.11 Å². The van der Waals surface area contributed by atoms with Crippen LogP contribution < -0.4 is 4.31 Å². The van der Waals surface area contributed by atoms with E-state index in [1.165, 1.54) is 4.31 Å². The Morgan fingerprint density at radius 2 is 1.54 bits per heavy atom. The third-order valence-corrected chi connectivity index (χ3v) is 6.91. The van der Waals surface area contributed by atoms with Crippen molar-refractivity contribution in [3.05, 3.63) is 108 Å². The Hall–Kier alpha value is -2.89. The maximum Gasteiger partial charge on any atom is 0.268 e. The molecule has 0 fully saturated rings. The van der Waals surface area contributed by atoms with Crippen LogP contribution in [0.3, 0.4) is 0 Å². The van der Waals surface area contributed by atoms with Crippen LogP contribution in [0.1, 0.15) is 28.7 Å². The van der Waals surface area contributed by atoms with Crippen LogP contribution in [-0.4, -0.2) is 13.5 Å². The fraction of sp³-hybridized carbons (Fsp3) is 0.130. The second kappa shape index (κ2) is 6.93. The fourth-order valence-electron chi connectivity index (χ4n) is 3.69. The van der Waals surface area contributed by atoms with Crippen molar-refractivity contribution in [3.63, 3.8) is 0 Å². The Labute approximate surface area is 165 Å². The lowest BCUT2D eigenvalue weighted by atomic mass is 9.89. The van der Waals surface area contributed by atoms with Crippen molar-refractivity contribution < 1.29 is 13.5 Å². The first-order valence-electron chi connectivity index (χ1n) is 9.04. The van der Waals surface area contributed by atoms with Gasteiger partial charge in [-0.05, 0) is 36.2 Å². The van der Waals surface area contributed by atoms with Crippen LogP contribution >= 0.6 is 0 Å². The molecule has 0 spiro atoms. The second-order valence-corrected chi connectivity index (χ2v) is 8.75. The SMILES string of the molecule is C=C1[C@@H]([C@H](O)c2ccccc2)c2ccccc2N1S(=O)(=O)c1ccc(C)cc1. The number of hydrogen-bond donors (Lipinski definition) is 1. The number of aryl methyl sites for hydroxylation is 1. The summed E-state index contributed by atoms with van der Waals surface area (Å²) in [5.74, 6) is -0.543. The zero-order valence-corrected chi connectivity index (χ0v) is 16.3. The van der Waals surface area contributed by atoms with E-state index >= 15 is 0 Å². The number of nitrogens with zero attached hydrogens (tertiary/aromatic N) is 1. The molecule has 5 heteroatoms. The number of fused-ring (bicyclic) bond motifs is 1. The predicted octanol–water partition coefficient (Wildman–Crippen LogP) is 4.53. The molecule has 3 aromatic rings. The largest absolute Gasteiger partial charge is 0.387 e. The third-order valence-electron chi connectivity index (χ3n) is 5.13. The lowest BCUT2D eigenvalue weighted by molar-refractivity contribution is 0.160. The van der Waals surface area contributed by atoms with Gasteiger partial charge in [0.2, 0.25) is 0 Å². The number of sulfonamides is 1. The average Bonchev–Trinajstić information content (AvgIpc) is 3.01. The van der Waals surface area contributed by atoms with Gasteiger partial charge in [-0.1, -0.05) is 72.8 Å². The quantitative estimate of drug-likeness (QED) is 0.711. The summed E-state index contributed by atoms with van der Waals surface area (Å²) in [7, 11) is -3.84. The fourth-order valence-corrected chi connectivity index (χ4v) is 5.23. The Bertz CT molecular complexity index is 1120. The van der Waals surface area contributed by atoms with Gasteiger partial charge in [-0.2, -0.15) is 0 Å². The standard InChI is InChI=1S/C23H21NO3S/c1-16-12-14-19(15-13-16)28(26,27)24-17(2)22(20-10-6-7-11-21(20)24)23(25)18-8-4-3-5-9-18/h3-15,22-23,25H,2H2,1H3/t22-,23-/m1/s1. The number of hydrogen-bond acceptors (Lipinski definition) is 3. The average molecular weight is 391 g/mol. The van der Waals surface area contributed by atoms with E-state index < -0.39 is 22.0 Å². The molecule has 0 bridgehead atoms. The van der Waals surface area contributed by atoms with Gasteiger partial charge in [0.15, 0.2) is 0 Å². The highest BCUT2D eigenvalue weighted by Crippen LogP contribution is 2.50. The number of aliphatic hydroxyl groups is 1. The van der Waals surface area contributed by atoms with Crippen molar-refractivity contribution in [1.82, 2.24) is 0 Å². The molecule has 0 aromatic heterocycles. The van der Waals surface area contributed by atoms with Gasteiger partial charge >= 0.3 is 0 Å². The third kappa shape index (κ3) is 2.93. The van der Waals surface area contributed by atoms with E-state index in [-0.39, 0.29) is 4.90 Å².